The Morgan fingerprint density at radius 2 is 1.95 bits per heavy atom. The molecule has 0 spiro atoms. The maximum Gasteiger partial charge on any atom is 0.122 e. The van der Waals surface area contributed by atoms with Crippen molar-refractivity contribution in [3.8, 4) is 12.1 Å². The maximum atomic E-state index is 9.10. The van der Waals surface area contributed by atoms with Gasteiger partial charge in [0.1, 0.15) is 11.9 Å². The van der Waals surface area contributed by atoms with E-state index < -0.39 is 0 Å². The number of anilines is 1. The first-order valence-corrected chi connectivity index (χ1v) is 5.92. The smallest absolute Gasteiger partial charge is 0.122 e. The zero-order valence-electron chi connectivity index (χ0n) is 10.9. The molecular weight excluding hydrogens is 236 g/mol. The summed E-state index contributed by atoms with van der Waals surface area (Å²) in [6.45, 7) is 4.41. The van der Waals surface area contributed by atoms with Crippen LogP contribution in [0.15, 0.2) is 24.3 Å². The lowest BCUT2D eigenvalue weighted by Gasteiger charge is -2.09. The van der Waals surface area contributed by atoms with E-state index in [9.17, 15) is 0 Å². The number of nitrogens with zero attached hydrogens (tertiary/aromatic N) is 3. The van der Waals surface area contributed by atoms with Gasteiger partial charge < -0.3 is 10.3 Å². The van der Waals surface area contributed by atoms with Crippen molar-refractivity contribution in [2.45, 2.75) is 20.4 Å². The normalized spacial score (nSPS) is 9.89. The molecule has 0 fully saturated rings. The molecule has 0 saturated carbocycles. The van der Waals surface area contributed by atoms with E-state index in [0.29, 0.717) is 23.5 Å². The molecule has 0 aliphatic carbocycles. The lowest BCUT2D eigenvalue weighted by Crippen LogP contribution is -2.06. The van der Waals surface area contributed by atoms with E-state index >= 15 is 0 Å². The summed E-state index contributed by atoms with van der Waals surface area (Å²) in [7, 11) is 0. The minimum absolute atomic E-state index is 0.486. The Balaban J connectivity index is 2.45. The number of benzene rings is 1. The average Bonchev–Trinajstić information content (AvgIpc) is 2.63. The predicted molar refractivity (Wildman–Crippen MR) is 73.3 cm³/mol. The highest BCUT2D eigenvalue weighted by Gasteiger charge is 2.15. The Kier molecular flexibility index (Phi) is 3.27. The van der Waals surface area contributed by atoms with E-state index in [1.165, 1.54) is 0 Å². The maximum absolute atomic E-state index is 9.10. The van der Waals surface area contributed by atoms with Crippen LogP contribution < -0.4 is 5.73 Å². The van der Waals surface area contributed by atoms with Crippen molar-refractivity contribution >= 4 is 5.82 Å². The van der Waals surface area contributed by atoms with Crippen molar-refractivity contribution < 1.29 is 0 Å². The fourth-order valence-electron chi connectivity index (χ4n) is 2.16. The summed E-state index contributed by atoms with van der Waals surface area (Å²) < 4.78 is 1.91. The highest BCUT2D eigenvalue weighted by molar-refractivity contribution is 5.58. The van der Waals surface area contributed by atoms with Crippen molar-refractivity contribution in [1.29, 1.82) is 10.5 Å². The van der Waals surface area contributed by atoms with Crippen LogP contribution in [0, 0.1) is 36.5 Å². The second-order valence-electron chi connectivity index (χ2n) is 4.48. The molecule has 0 radical (unpaired) electrons. The highest BCUT2D eigenvalue weighted by atomic mass is 15.1. The van der Waals surface area contributed by atoms with Crippen molar-refractivity contribution in [2.75, 3.05) is 5.73 Å². The number of nitrogen functional groups attached to an aromatic ring is 1. The topological polar surface area (TPSA) is 78.5 Å². The fourth-order valence-corrected chi connectivity index (χ4v) is 2.16. The fraction of sp³-hybridized carbons (Fsp3) is 0.200. The molecule has 19 heavy (non-hydrogen) atoms. The van der Waals surface area contributed by atoms with Gasteiger partial charge in [-0.1, -0.05) is 12.1 Å². The molecule has 0 atom stereocenters. The van der Waals surface area contributed by atoms with Crippen LogP contribution in [0.25, 0.3) is 0 Å². The van der Waals surface area contributed by atoms with Gasteiger partial charge in [-0.05, 0) is 37.1 Å². The molecule has 0 aliphatic heterocycles. The van der Waals surface area contributed by atoms with Crippen LogP contribution in [0.4, 0.5) is 5.82 Å². The van der Waals surface area contributed by atoms with Crippen LogP contribution in [-0.4, -0.2) is 4.57 Å². The largest absolute Gasteiger partial charge is 0.384 e. The van der Waals surface area contributed by atoms with Gasteiger partial charge in [-0.25, -0.2) is 0 Å². The van der Waals surface area contributed by atoms with Crippen LogP contribution in [-0.2, 0) is 6.54 Å². The van der Waals surface area contributed by atoms with E-state index in [4.69, 9.17) is 16.3 Å². The Labute approximate surface area is 112 Å². The molecule has 2 N–H and O–H groups in total. The number of nitrogens with two attached hydrogens (primary N) is 1. The molecule has 1 heterocycles. The first-order chi connectivity index (χ1) is 9.08. The summed E-state index contributed by atoms with van der Waals surface area (Å²) in [6, 6.07) is 11.6. The molecule has 0 unspecified atom stereocenters. The number of hydrogen-bond acceptors (Lipinski definition) is 3. The van der Waals surface area contributed by atoms with Gasteiger partial charge in [-0.2, -0.15) is 10.5 Å². The van der Waals surface area contributed by atoms with Gasteiger partial charge in [0.05, 0.1) is 17.2 Å². The van der Waals surface area contributed by atoms with E-state index in [2.05, 4.69) is 12.1 Å². The second kappa shape index (κ2) is 4.88. The van der Waals surface area contributed by atoms with Crippen LogP contribution in [0.2, 0.25) is 0 Å². The summed E-state index contributed by atoms with van der Waals surface area (Å²) in [5.41, 5.74) is 10.1. The van der Waals surface area contributed by atoms with Crippen molar-refractivity contribution in [1.82, 2.24) is 4.57 Å². The van der Waals surface area contributed by atoms with Crippen molar-refractivity contribution in [3.63, 3.8) is 0 Å². The van der Waals surface area contributed by atoms with Gasteiger partial charge in [0.2, 0.25) is 0 Å². The molecule has 4 heteroatoms. The third-order valence-electron chi connectivity index (χ3n) is 3.38. The van der Waals surface area contributed by atoms with Crippen LogP contribution in [0.3, 0.4) is 0 Å². The Morgan fingerprint density at radius 3 is 2.53 bits per heavy atom. The van der Waals surface area contributed by atoms with Gasteiger partial charge in [-0.15, -0.1) is 0 Å². The molecule has 2 aromatic rings. The lowest BCUT2D eigenvalue weighted by atomic mass is 10.1. The summed E-state index contributed by atoms with van der Waals surface area (Å²) in [6.07, 6.45) is 0. The molecule has 94 valence electrons. The van der Waals surface area contributed by atoms with Crippen LogP contribution in [0.1, 0.15) is 27.9 Å². The zero-order chi connectivity index (χ0) is 14.0. The third kappa shape index (κ3) is 2.17. The summed E-state index contributed by atoms with van der Waals surface area (Å²) in [5.74, 6) is 0.486. The third-order valence-corrected chi connectivity index (χ3v) is 3.38. The van der Waals surface area contributed by atoms with Gasteiger partial charge in [0.15, 0.2) is 0 Å². The van der Waals surface area contributed by atoms with E-state index in [-0.39, 0.29) is 0 Å². The first kappa shape index (κ1) is 12.7. The standard InChI is InChI=1S/C15H14N4/c1-10-11(2)19(15(18)14(10)8-17)9-13-5-3-4-12(6-13)7-16/h3-6H,9,18H2,1-2H3. The van der Waals surface area contributed by atoms with Crippen molar-refractivity contribution in [3.05, 3.63) is 52.2 Å². The quantitative estimate of drug-likeness (QED) is 0.889. The number of rotatable bonds is 2. The molecular formula is C15H14N4. The molecule has 0 aliphatic rings. The van der Waals surface area contributed by atoms with Gasteiger partial charge in [0, 0.05) is 12.2 Å². The average molecular weight is 250 g/mol. The number of hydrogen-bond donors (Lipinski definition) is 1. The van der Waals surface area contributed by atoms with Gasteiger partial charge in [-0.3, -0.25) is 0 Å². The highest BCUT2D eigenvalue weighted by Crippen LogP contribution is 2.24. The molecule has 0 amide bonds. The number of aromatic nitrogens is 1. The molecule has 0 saturated heterocycles. The monoisotopic (exact) mass is 250 g/mol. The van der Waals surface area contributed by atoms with Crippen LogP contribution in [0.5, 0.6) is 0 Å². The summed E-state index contributed by atoms with van der Waals surface area (Å²) in [4.78, 5) is 0. The van der Waals surface area contributed by atoms with Crippen LogP contribution >= 0.6 is 0 Å². The van der Waals surface area contributed by atoms with Gasteiger partial charge >= 0.3 is 0 Å². The lowest BCUT2D eigenvalue weighted by molar-refractivity contribution is 0.783. The summed E-state index contributed by atoms with van der Waals surface area (Å²) >= 11 is 0. The molecule has 1 aromatic carbocycles. The zero-order valence-corrected chi connectivity index (χ0v) is 10.9. The predicted octanol–water partition coefficient (Wildman–Crippen LogP) is 2.48. The molecule has 1 aromatic heterocycles. The first-order valence-electron chi connectivity index (χ1n) is 5.92. The molecule has 0 bridgehead atoms. The second-order valence-corrected chi connectivity index (χ2v) is 4.48. The SMILES string of the molecule is Cc1c(C#N)c(N)n(Cc2cccc(C#N)c2)c1C. The minimum atomic E-state index is 0.486. The number of nitriles is 2. The molecule has 2 rings (SSSR count). The minimum Gasteiger partial charge on any atom is -0.384 e. The summed E-state index contributed by atoms with van der Waals surface area (Å²) in [5, 5.41) is 18.0. The van der Waals surface area contributed by atoms with Gasteiger partial charge in [0.25, 0.3) is 0 Å². The Hall–Kier alpha value is -2.72. The Morgan fingerprint density at radius 1 is 1.21 bits per heavy atom. The van der Waals surface area contributed by atoms with E-state index in [1.807, 2.05) is 36.6 Å². The van der Waals surface area contributed by atoms with E-state index in [1.54, 1.807) is 6.07 Å². The Bertz CT molecular complexity index is 711. The van der Waals surface area contributed by atoms with Crippen molar-refractivity contribution in [2.24, 2.45) is 0 Å². The van der Waals surface area contributed by atoms with E-state index in [0.717, 1.165) is 16.8 Å². The molecule has 4 nitrogen and oxygen atoms in total.